The first-order valence-electron chi connectivity index (χ1n) is 12.3. The number of thiol groups is 1. The molecule has 0 bridgehead atoms. The fraction of sp³-hybridized carbons (Fsp3) is 0.273. The van der Waals surface area contributed by atoms with Crippen molar-refractivity contribution >= 4 is 12.6 Å². The quantitative estimate of drug-likeness (QED) is 0.254. The van der Waals surface area contributed by atoms with Crippen LogP contribution in [-0.2, 0) is 10.8 Å². The molecule has 0 saturated heterocycles. The van der Waals surface area contributed by atoms with Gasteiger partial charge in [-0.1, -0.05) is 113 Å². The lowest BCUT2D eigenvalue weighted by molar-refractivity contribution is 0.588. The Kier molecular flexibility index (Phi) is 5.52. The van der Waals surface area contributed by atoms with Crippen LogP contribution < -0.4 is 0 Å². The summed E-state index contributed by atoms with van der Waals surface area (Å²) >= 11 is 4.78. The predicted molar refractivity (Wildman–Crippen MR) is 149 cm³/mol. The molecule has 1 aliphatic rings. The summed E-state index contributed by atoms with van der Waals surface area (Å²) in [7, 11) is 0. The molecule has 0 spiro atoms. The van der Waals surface area contributed by atoms with E-state index in [1.807, 2.05) is 0 Å². The van der Waals surface area contributed by atoms with Gasteiger partial charge < -0.3 is 0 Å². The summed E-state index contributed by atoms with van der Waals surface area (Å²) in [5.41, 5.74) is 11.7. The second-order valence-electron chi connectivity index (χ2n) is 11.1. The van der Waals surface area contributed by atoms with Gasteiger partial charge in [0.2, 0.25) is 0 Å². The van der Waals surface area contributed by atoms with Crippen molar-refractivity contribution in [1.82, 2.24) is 0 Å². The highest BCUT2D eigenvalue weighted by atomic mass is 32.1. The maximum atomic E-state index is 4.78. The third-order valence-electron chi connectivity index (χ3n) is 7.42. The zero-order chi connectivity index (χ0) is 24.3. The number of hydrogen-bond acceptors (Lipinski definition) is 1. The molecule has 1 heteroatoms. The van der Waals surface area contributed by atoms with Crippen molar-refractivity contribution in [1.29, 1.82) is 0 Å². The molecule has 34 heavy (non-hydrogen) atoms. The van der Waals surface area contributed by atoms with E-state index < -0.39 is 0 Å². The van der Waals surface area contributed by atoms with E-state index in [0.29, 0.717) is 5.92 Å². The maximum Gasteiger partial charge on any atom is 0.0714 e. The summed E-state index contributed by atoms with van der Waals surface area (Å²) in [6, 6.07) is 32.1. The van der Waals surface area contributed by atoms with Crippen molar-refractivity contribution in [2.45, 2.75) is 63.2 Å². The lowest BCUT2D eigenvalue weighted by Crippen LogP contribution is -2.29. The average Bonchev–Trinajstić information content (AvgIpc) is 3.08. The van der Waals surface area contributed by atoms with Crippen LogP contribution in [0.4, 0.5) is 0 Å². The summed E-state index contributed by atoms with van der Waals surface area (Å²) in [5.74, 6) is 0.463. The zero-order valence-electron chi connectivity index (χ0n) is 21.1. The van der Waals surface area contributed by atoms with Gasteiger partial charge >= 0.3 is 0 Å². The molecule has 172 valence electrons. The Morgan fingerprint density at radius 3 is 1.94 bits per heavy atom. The first kappa shape index (κ1) is 23.0. The molecule has 0 aliphatic heterocycles. The molecule has 0 heterocycles. The van der Waals surface area contributed by atoms with E-state index >= 15 is 0 Å². The molecule has 4 aromatic carbocycles. The van der Waals surface area contributed by atoms with Gasteiger partial charge in [-0.2, -0.15) is 0 Å². The van der Waals surface area contributed by atoms with Crippen molar-refractivity contribution < 1.29 is 0 Å². The molecule has 1 aliphatic carbocycles. The van der Waals surface area contributed by atoms with E-state index in [1.54, 1.807) is 0 Å². The van der Waals surface area contributed by atoms with Crippen LogP contribution in [0.25, 0.3) is 11.1 Å². The van der Waals surface area contributed by atoms with Crippen molar-refractivity contribution in [3.05, 3.63) is 124 Å². The summed E-state index contributed by atoms with van der Waals surface area (Å²) in [6.07, 6.45) is 0. The monoisotopic (exact) mass is 462 g/mol. The molecule has 0 nitrogen and oxygen atoms in total. The molecule has 0 aromatic heterocycles. The number of fused-ring (bicyclic) bond motifs is 3. The Balaban J connectivity index is 1.98. The fourth-order valence-corrected chi connectivity index (χ4v) is 5.80. The predicted octanol–water partition coefficient (Wildman–Crippen LogP) is 9.07. The number of rotatable bonds is 3. The zero-order valence-corrected chi connectivity index (χ0v) is 22.0. The van der Waals surface area contributed by atoms with Crippen LogP contribution in [0.5, 0.6) is 0 Å². The molecule has 0 radical (unpaired) electrons. The Hall–Kier alpha value is -2.77. The van der Waals surface area contributed by atoms with Gasteiger partial charge in [0, 0.05) is 4.90 Å². The van der Waals surface area contributed by atoms with Crippen LogP contribution in [0, 0.1) is 6.92 Å². The molecule has 1 atom stereocenters. The smallest absolute Gasteiger partial charge is 0.0714 e. The molecule has 0 saturated carbocycles. The third-order valence-corrected chi connectivity index (χ3v) is 7.70. The molecule has 0 fully saturated rings. The summed E-state index contributed by atoms with van der Waals surface area (Å²) in [6.45, 7) is 13.7. The highest BCUT2D eigenvalue weighted by Crippen LogP contribution is 2.57. The van der Waals surface area contributed by atoms with E-state index in [0.717, 1.165) is 4.90 Å². The van der Waals surface area contributed by atoms with Crippen LogP contribution in [0.1, 0.15) is 79.5 Å². The van der Waals surface area contributed by atoms with E-state index in [9.17, 15) is 0 Å². The Morgan fingerprint density at radius 1 is 0.706 bits per heavy atom. The number of hydrogen-bond donors (Lipinski definition) is 1. The molecule has 0 N–H and O–H groups in total. The van der Waals surface area contributed by atoms with Gasteiger partial charge in [0.05, 0.1) is 5.41 Å². The maximum absolute atomic E-state index is 4.78. The standard InChI is InChI=1S/C33H34S/c1-21(2)23-13-15-28-29-16-14-24(32(4,5)6)20-31(29)33(30(28)18-23,25-10-7-9-22(3)17-25)26-11-8-12-27(34)19-26/h7-21,34H,1-6H3. The van der Waals surface area contributed by atoms with Crippen molar-refractivity contribution in [3.63, 3.8) is 0 Å². The minimum absolute atomic E-state index is 0.0661. The van der Waals surface area contributed by atoms with Gasteiger partial charge in [-0.3, -0.25) is 0 Å². The topological polar surface area (TPSA) is 0 Å². The number of aryl methyl sites for hydroxylation is 1. The van der Waals surface area contributed by atoms with E-state index in [1.165, 1.54) is 50.1 Å². The normalized spacial score (nSPS) is 17.1. The molecular formula is C33H34S. The molecule has 1 unspecified atom stereocenters. The van der Waals surface area contributed by atoms with E-state index in [2.05, 4.69) is 126 Å². The van der Waals surface area contributed by atoms with Crippen LogP contribution in [0.15, 0.2) is 89.8 Å². The minimum atomic E-state index is -0.387. The van der Waals surface area contributed by atoms with Gasteiger partial charge in [-0.15, -0.1) is 12.6 Å². The van der Waals surface area contributed by atoms with Crippen molar-refractivity contribution in [2.24, 2.45) is 0 Å². The van der Waals surface area contributed by atoms with Crippen LogP contribution >= 0.6 is 12.6 Å². The van der Waals surface area contributed by atoms with Crippen molar-refractivity contribution in [3.8, 4) is 11.1 Å². The van der Waals surface area contributed by atoms with Gasteiger partial charge in [0.1, 0.15) is 0 Å². The third kappa shape index (κ3) is 3.53. The van der Waals surface area contributed by atoms with Gasteiger partial charge in [0.25, 0.3) is 0 Å². The Morgan fingerprint density at radius 2 is 1.32 bits per heavy atom. The molecule has 4 aromatic rings. The van der Waals surface area contributed by atoms with Crippen LogP contribution in [-0.4, -0.2) is 0 Å². The average molecular weight is 463 g/mol. The van der Waals surface area contributed by atoms with Gasteiger partial charge in [-0.05, 0) is 74.9 Å². The first-order valence-corrected chi connectivity index (χ1v) is 12.7. The molecular weight excluding hydrogens is 428 g/mol. The van der Waals surface area contributed by atoms with Gasteiger partial charge in [0.15, 0.2) is 0 Å². The largest absolute Gasteiger partial charge is 0.143 e. The van der Waals surface area contributed by atoms with Gasteiger partial charge in [-0.25, -0.2) is 0 Å². The number of benzene rings is 4. The fourth-order valence-electron chi connectivity index (χ4n) is 5.57. The highest BCUT2D eigenvalue weighted by Gasteiger charge is 2.46. The second kappa shape index (κ2) is 8.17. The van der Waals surface area contributed by atoms with E-state index in [4.69, 9.17) is 12.6 Å². The second-order valence-corrected chi connectivity index (χ2v) is 11.7. The summed E-state index contributed by atoms with van der Waals surface area (Å²) in [5, 5.41) is 0. The minimum Gasteiger partial charge on any atom is -0.143 e. The van der Waals surface area contributed by atoms with Crippen LogP contribution in [0.3, 0.4) is 0 Å². The molecule has 5 rings (SSSR count). The molecule has 0 amide bonds. The lowest BCUT2D eigenvalue weighted by Gasteiger charge is -2.35. The Bertz CT molecular complexity index is 1340. The SMILES string of the molecule is Cc1cccc(C2(c3cccc(S)c3)c3cc(C(C)C)ccc3-c3ccc(C(C)(C)C)cc32)c1. The van der Waals surface area contributed by atoms with Crippen LogP contribution in [0.2, 0.25) is 0 Å². The van der Waals surface area contributed by atoms with Crippen molar-refractivity contribution in [2.75, 3.05) is 0 Å². The summed E-state index contributed by atoms with van der Waals surface area (Å²) in [4.78, 5) is 0.992. The Labute approximate surface area is 210 Å². The van der Waals surface area contributed by atoms with E-state index in [-0.39, 0.29) is 10.8 Å². The first-order chi connectivity index (χ1) is 16.1. The highest BCUT2D eigenvalue weighted by molar-refractivity contribution is 7.80. The summed E-state index contributed by atoms with van der Waals surface area (Å²) < 4.78 is 0. The lowest BCUT2D eigenvalue weighted by atomic mass is 9.66.